The third-order valence-electron chi connectivity index (χ3n) is 23.1. The number of hydrogen-bond donors (Lipinski definition) is 0. The summed E-state index contributed by atoms with van der Waals surface area (Å²) in [6, 6.07) is 96.2. The maximum atomic E-state index is 2.54. The van der Waals surface area contributed by atoms with Gasteiger partial charge in [0.05, 0.1) is 16.2 Å². The third kappa shape index (κ3) is 18.8. The Hall–Kier alpha value is -9.48. The summed E-state index contributed by atoms with van der Waals surface area (Å²) >= 11 is 0. The second kappa shape index (κ2) is 51.3. The SMILES string of the molecule is CC.CC.CC.CC.CC.CC.CC.CC.CC.CC.CC.CC.CCN(CC)Cc1c(C)ccc2c1-c1ccccc1C21c2ccccc2-c2ccccc21.CCN(CC)Cc1cc(C)cc2c1C1(c3ccccc3-c3ccccc31)c1ccccc1-2.CCN(CC)Cc1cc2c(cc1C)-c1ccccc1C21c2ccccc2-c2ccccc21. The summed E-state index contributed by atoms with van der Waals surface area (Å²) in [4.78, 5) is 7.59. The van der Waals surface area contributed by atoms with E-state index in [1.165, 1.54) is 167 Å². The molecule has 12 aromatic carbocycles. The predicted octanol–water partition coefficient (Wildman–Crippen LogP) is 33.9. The number of nitrogens with zero attached hydrogens (tertiary/aromatic N) is 3. The summed E-state index contributed by atoms with van der Waals surface area (Å²) in [5.74, 6) is 0. The molecule has 0 amide bonds. The highest BCUT2D eigenvalue weighted by Crippen LogP contribution is 2.67. The van der Waals surface area contributed by atoms with Crippen molar-refractivity contribution < 1.29 is 0 Å². The van der Waals surface area contributed by atoms with Crippen molar-refractivity contribution >= 4 is 0 Å². The Balaban J connectivity index is 0.000000335. The van der Waals surface area contributed by atoms with Crippen LogP contribution in [0.5, 0.6) is 0 Å². The van der Waals surface area contributed by atoms with E-state index in [9.17, 15) is 0 Å². The summed E-state index contributed by atoms with van der Waals surface area (Å²) in [7, 11) is 0. The van der Waals surface area contributed by atoms with Crippen molar-refractivity contribution in [2.75, 3.05) is 39.3 Å². The van der Waals surface area contributed by atoms with Crippen LogP contribution in [0.25, 0.3) is 66.8 Å². The summed E-state index contributed by atoms with van der Waals surface area (Å²) in [6.45, 7) is 77.8. The zero-order valence-electron chi connectivity index (χ0n) is 81.5. The fourth-order valence-electron chi connectivity index (χ4n) is 18.7. The minimum absolute atomic E-state index is 0.231. The first kappa shape index (κ1) is 103. The quantitative estimate of drug-likeness (QED) is 0.121. The lowest BCUT2D eigenvalue weighted by atomic mass is 9.69. The van der Waals surface area contributed by atoms with E-state index in [0.717, 1.165) is 58.9 Å². The fourth-order valence-corrected chi connectivity index (χ4v) is 18.7. The van der Waals surface area contributed by atoms with Crippen molar-refractivity contribution in [2.45, 2.75) is 264 Å². The molecule has 6 aliphatic carbocycles. The second-order valence-corrected chi connectivity index (χ2v) is 27.5. The van der Waals surface area contributed by atoms with Crippen molar-refractivity contribution in [1.82, 2.24) is 14.7 Å². The molecule has 6 aliphatic rings. The molecule has 0 N–H and O–H groups in total. The van der Waals surface area contributed by atoms with Gasteiger partial charge in [-0.15, -0.1) is 0 Å². The standard InChI is InChI=1S/3C31H29N.12C2H6/c1-4-32(5-2)20-22-19-30-26(18-21(22)3)25-14-8-11-17-29(25)31(30)27-15-9-6-12-23(27)24-13-7-10-16-28(24)31;1-4-32(5-2)20-22-18-21(3)19-26-25-14-8-11-17-29(25)31(30(22)26)27-15-9-6-12-23(27)24-13-7-10-16-28(24)31;1-4-32(5-2)20-25-21(3)18-19-29-30(25)24-14-8-11-17-28(24)31(29)26-15-9-6-12-22(26)23-13-7-10-16-27(23)31;12*1-2/h3*6-19H,4-5,20H2,1-3H3;12*1-2H3. The molecule has 642 valence electrons. The minimum Gasteiger partial charge on any atom is -0.300 e. The van der Waals surface area contributed by atoms with E-state index in [0.29, 0.717) is 0 Å². The molecule has 3 spiro atoms. The van der Waals surface area contributed by atoms with Crippen LogP contribution in [0, 0.1) is 20.8 Å². The van der Waals surface area contributed by atoms with Gasteiger partial charge in [0.1, 0.15) is 0 Å². The van der Waals surface area contributed by atoms with Crippen LogP contribution in [0.15, 0.2) is 255 Å². The Morgan fingerprint density at radius 1 is 0.200 bits per heavy atom. The van der Waals surface area contributed by atoms with E-state index in [4.69, 9.17) is 0 Å². The van der Waals surface area contributed by atoms with Gasteiger partial charge in [-0.3, -0.25) is 14.7 Å². The van der Waals surface area contributed by atoms with Crippen LogP contribution >= 0.6 is 0 Å². The summed E-state index contributed by atoms with van der Waals surface area (Å²) in [6.07, 6.45) is 0. The normalized spacial score (nSPS) is 12.1. The van der Waals surface area contributed by atoms with E-state index in [2.05, 4.69) is 332 Å². The predicted molar refractivity (Wildman–Crippen MR) is 538 cm³/mol. The van der Waals surface area contributed by atoms with Gasteiger partial charge in [0, 0.05) is 19.6 Å². The molecule has 0 fully saturated rings. The lowest BCUT2D eigenvalue weighted by Gasteiger charge is -2.33. The van der Waals surface area contributed by atoms with Crippen LogP contribution < -0.4 is 0 Å². The molecule has 0 unspecified atom stereocenters. The van der Waals surface area contributed by atoms with Crippen LogP contribution in [-0.4, -0.2) is 54.0 Å². The summed E-state index contributed by atoms with van der Waals surface area (Å²) in [5.41, 5.74) is 41.7. The molecule has 0 atom stereocenters. The molecule has 0 bridgehead atoms. The molecule has 0 saturated carbocycles. The van der Waals surface area contributed by atoms with Gasteiger partial charge in [0.15, 0.2) is 0 Å². The topological polar surface area (TPSA) is 9.72 Å². The molecule has 120 heavy (non-hydrogen) atoms. The number of aryl methyl sites for hydroxylation is 3. The third-order valence-corrected chi connectivity index (χ3v) is 23.1. The molecule has 0 saturated heterocycles. The van der Waals surface area contributed by atoms with E-state index in [-0.39, 0.29) is 16.2 Å². The Bertz CT molecular complexity index is 4800. The Labute approximate surface area is 735 Å². The average molecular weight is 1610 g/mol. The highest BCUT2D eigenvalue weighted by atomic mass is 15.1. The molecule has 0 heterocycles. The highest BCUT2D eigenvalue weighted by Gasteiger charge is 2.55. The van der Waals surface area contributed by atoms with Gasteiger partial charge in [-0.1, -0.05) is 468 Å². The van der Waals surface area contributed by atoms with Crippen molar-refractivity contribution in [3.05, 3.63) is 355 Å². The number of rotatable bonds is 12. The molecular weight excluding hydrogens is 1450 g/mol. The first-order valence-corrected chi connectivity index (χ1v) is 47.6. The van der Waals surface area contributed by atoms with Gasteiger partial charge in [-0.05, 0) is 221 Å². The van der Waals surface area contributed by atoms with Gasteiger partial charge < -0.3 is 0 Å². The van der Waals surface area contributed by atoms with Gasteiger partial charge in [-0.25, -0.2) is 0 Å². The fraction of sp³-hybridized carbons (Fsp3) is 0.385. The zero-order chi connectivity index (χ0) is 89.6. The monoisotopic (exact) mass is 1610 g/mol. The van der Waals surface area contributed by atoms with E-state index < -0.39 is 0 Å². The van der Waals surface area contributed by atoms with Crippen LogP contribution in [0.4, 0.5) is 0 Å². The van der Waals surface area contributed by atoms with E-state index in [1.54, 1.807) is 0 Å². The van der Waals surface area contributed by atoms with Crippen LogP contribution in [0.1, 0.15) is 308 Å². The van der Waals surface area contributed by atoms with Crippen LogP contribution in [0.2, 0.25) is 0 Å². The molecule has 0 aromatic heterocycles. The smallest absolute Gasteiger partial charge is 0.0728 e. The maximum absolute atomic E-state index is 2.54. The number of hydrogen-bond acceptors (Lipinski definition) is 3. The molecule has 0 aliphatic heterocycles. The largest absolute Gasteiger partial charge is 0.300 e. The molecule has 12 aromatic rings. The first-order valence-electron chi connectivity index (χ1n) is 47.6. The summed E-state index contributed by atoms with van der Waals surface area (Å²) < 4.78 is 0. The van der Waals surface area contributed by atoms with Crippen LogP contribution in [-0.2, 0) is 35.9 Å². The Morgan fingerprint density at radius 3 is 0.767 bits per heavy atom. The van der Waals surface area contributed by atoms with Crippen molar-refractivity contribution in [1.29, 1.82) is 0 Å². The second-order valence-electron chi connectivity index (χ2n) is 27.5. The zero-order valence-corrected chi connectivity index (χ0v) is 81.5. The van der Waals surface area contributed by atoms with Gasteiger partial charge >= 0.3 is 0 Å². The van der Waals surface area contributed by atoms with Gasteiger partial charge in [-0.2, -0.15) is 0 Å². The highest BCUT2D eigenvalue weighted by molar-refractivity contribution is 5.99. The summed E-state index contributed by atoms with van der Waals surface area (Å²) in [5, 5.41) is 0. The van der Waals surface area contributed by atoms with E-state index in [1.807, 2.05) is 166 Å². The number of benzene rings is 12. The van der Waals surface area contributed by atoms with Gasteiger partial charge in [0.25, 0.3) is 0 Å². The minimum atomic E-state index is -0.241. The molecule has 18 rings (SSSR count). The molecule has 3 heteroatoms. The van der Waals surface area contributed by atoms with Gasteiger partial charge in [0.2, 0.25) is 0 Å². The Morgan fingerprint density at radius 2 is 0.450 bits per heavy atom. The lowest BCUT2D eigenvalue weighted by molar-refractivity contribution is 0.294. The first-order chi connectivity index (χ1) is 59.1. The van der Waals surface area contributed by atoms with Crippen LogP contribution in [0.3, 0.4) is 0 Å². The lowest BCUT2D eigenvalue weighted by Crippen LogP contribution is -2.30. The Kier molecular flexibility index (Phi) is 44.0. The van der Waals surface area contributed by atoms with Crippen molar-refractivity contribution in [2.24, 2.45) is 0 Å². The van der Waals surface area contributed by atoms with Crippen molar-refractivity contribution in [3.63, 3.8) is 0 Å². The molecule has 3 nitrogen and oxygen atoms in total. The maximum Gasteiger partial charge on any atom is 0.0728 e. The molecular formula is C117H159N3. The molecule has 0 radical (unpaired) electrons. The van der Waals surface area contributed by atoms with Crippen molar-refractivity contribution in [3.8, 4) is 66.8 Å². The number of fused-ring (bicyclic) bond motifs is 30. The van der Waals surface area contributed by atoms with E-state index >= 15 is 0 Å². The average Bonchev–Trinajstić information content (AvgIpc) is 1.52.